The lowest BCUT2D eigenvalue weighted by molar-refractivity contribution is -0.136. The average Bonchev–Trinajstić information content (AvgIpc) is 3.33. The van der Waals surface area contributed by atoms with Gasteiger partial charge in [0.2, 0.25) is 5.91 Å². The van der Waals surface area contributed by atoms with Crippen LogP contribution >= 0.6 is 0 Å². The number of amides is 1. The van der Waals surface area contributed by atoms with E-state index in [4.69, 9.17) is 5.10 Å². The van der Waals surface area contributed by atoms with Crippen LogP contribution in [0.3, 0.4) is 0 Å². The van der Waals surface area contributed by atoms with Crippen LogP contribution in [-0.4, -0.2) is 50.9 Å². The number of carbonyl (C=O) groups excluding carboxylic acids is 1. The molecule has 2 fully saturated rings. The van der Waals surface area contributed by atoms with E-state index in [1.165, 1.54) is 18.4 Å². The highest BCUT2D eigenvalue weighted by molar-refractivity contribution is 5.80. The second-order valence-corrected chi connectivity index (χ2v) is 8.13. The van der Waals surface area contributed by atoms with Crippen LogP contribution in [0.5, 0.6) is 0 Å². The number of rotatable bonds is 4. The fourth-order valence-corrected chi connectivity index (χ4v) is 4.64. The van der Waals surface area contributed by atoms with Gasteiger partial charge in [-0.15, -0.1) is 0 Å². The first-order valence-electron chi connectivity index (χ1n) is 9.84. The lowest BCUT2D eigenvalue weighted by Gasteiger charge is -2.29. The standard InChI is InChI=1S/C20H29N5O/c1-14-11-18-21-12-16(13-23(2)3)19(25(18)22-14)17-9-6-10-24(17)20(26)15-7-4-5-8-15/h11-12,15,17H,4-10,13H2,1-3H3/t17-/m1/s1. The number of nitrogens with zero attached hydrogens (tertiary/aromatic N) is 5. The van der Waals surface area contributed by atoms with Crippen molar-refractivity contribution in [2.45, 2.75) is 58.0 Å². The SMILES string of the molecule is Cc1cc2ncc(CN(C)C)c([C@H]3CCCN3C(=O)C3CCCC3)n2n1. The van der Waals surface area contributed by atoms with Gasteiger partial charge in [0.25, 0.3) is 0 Å². The molecule has 2 aromatic rings. The Morgan fingerprint density at radius 2 is 2.00 bits per heavy atom. The Morgan fingerprint density at radius 3 is 2.73 bits per heavy atom. The number of fused-ring (bicyclic) bond motifs is 1. The predicted octanol–water partition coefficient (Wildman–Crippen LogP) is 2.95. The Balaban J connectivity index is 1.76. The zero-order valence-corrected chi connectivity index (χ0v) is 16.1. The molecular formula is C20H29N5O. The molecule has 1 atom stereocenters. The third-order valence-electron chi connectivity index (χ3n) is 5.77. The third-order valence-corrected chi connectivity index (χ3v) is 5.77. The molecule has 1 aliphatic carbocycles. The van der Waals surface area contributed by atoms with Crippen LogP contribution in [0.2, 0.25) is 0 Å². The number of aromatic nitrogens is 3. The maximum Gasteiger partial charge on any atom is 0.226 e. The molecule has 26 heavy (non-hydrogen) atoms. The van der Waals surface area contributed by atoms with Gasteiger partial charge in [-0.2, -0.15) is 5.10 Å². The lowest BCUT2D eigenvalue weighted by atomic mass is 10.0. The van der Waals surface area contributed by atoms with Crippen LogP contribution < -0.4 is 0 Å². The molecule has 0 unspecified atom stereocenters. The van der Waals surface area contributed by atoms with Crippen molar-refractivity contribution in [1.82, 2.24) is 24.4 Å². The van der Waals surface area contributed by atoms with E-state index in [9.17, 15) is 4.79 Å². The second-order valence-electron chi connectivity index (χ2n) is 8.13. The summed E-state index contributed by atoms with van der Waals surface area (Å²) in [6.07, 6.45) is 8.55. The summed E-state index contributed by atoms with van der Waals surface area (Å²) in [7, 11) is 4.14. The monoisotopic (exact) mass is 355 g/mol. The molecule has 1 saturated carbocycles. The zero-order chi connectivity index (χ0) is 18.3. The molecule has 0 N–H and O–H groups in total. The van der Waals surface area contributed by atoms with Gasteiger partial charge < -0.3 is 9.80 Å². The maximum absolute atomic E-state index is 13.2. The van der Waals surface area contributed by atoms with Crippen molar-refractivity contribution < 1.29 is 4.79 Å². The van der Waals surface area contributed by atoms with E-state index in [-0.39, 0.29) is 12.0 Å². The number of hydrogen-bond acceptors (Lipinski definition) is 4. The summed E-state index contributed by atoms with van der Waals surface area (Å²) in [4.78, 5) is 22.1. The molecule has 0 aromatic carbocycles. The summed E-state index contributed by atoms with van der Waals surface area (Å²) in [6.45, 7) is 3.67. The van der Waals surface area contributed by atoms with Gasteiger partial charge in [-0.3, -0.25) is 4.79 Å². The third kappa shape index (κ3) is 3.11. The maximum atomic E-state index is 13.2. The van der Waals surface area contributed by atoms with Crippen molar-refractivity contribution in [3.05, 3.63) is 29.2 Å². The number of likely N-dealkylation sites (tertiary alicyclic amines) is 1. The van der Waals surface area contributed by atoms with Crippen molar-refractivity contribution in [3.63, 3.8) is 0 Å². The Bertz CT molecular complexity index is 806. The van der Waals surface area contributed by atoms with Gasteiger partial charge in [0, 0.05) is 36.8 Å². The highest BCUT2D eigenvalue weighted by atomic mass is 16.2. The van der Waals surface area contributed by atoms with Crippen LogP contribution in [0.1, 0.15) is 61.5 Å². The molecule has 6 heteroatoms. The molecule has 0 radical (unpaired) electrons. The molecule has 0 spiro atoms. The smallest absolute Gasteiger partial charge is 0.226 e. The van der Waals surface area contributed by atoms with Gasteiger partial charge in [-0.25, -0.2) is 9.50 Å². The average molecular weight is 355 g/mol. The van der Waals surface area contributed by atoms with E-state index in [1.807, 2.05) is 23.7 Å². The fourth-order valence-electron chi connectivity index (χ4n) is 4.64. The molecule has 6 nitrogen and oxygen atoms in total. The first-order chi connectivity index (χ1) is 12.5. The van der Waals surface area contributed by atoms with Crippen molar-refractivity contribution in [2.75, 3.05) is 20.6 Å². The highest BCUT2D eigenvalue weighted by Gasteiger charge is 2.37. The Morgan fingerprint density at radius 1 is 1.23 bits per heavy atom. The first-order valence-corrected chi connectivity index (χ1v) is 9.84. The normalized spacial score (nSPS) is 21.4. The van der Waals surface area contributed by atoms with Crippen LogP contribution in [0.25, 0.3) is 5.65 Å². The summed E-state index contributed by atoms with van der Waals surface area (Å²) in [6, 6.07) is 2.13. The lowest BCUT2D eigenvalue weighted by Crippen LogP contribution is -2.36. The molecule has 4 rings (SSSR count). The Kier molecular flexibility index (Phi) is 4.69. The van der Waals surface area contributed by atoms with Crippen LogP contribution in [0.15, 0.2) is 12.3 Å². The predicted molar refractivity (Wildman–Crippen MR) is 101 cm³/mol. The topological polar surface area (TPSA) is 53.7 Å². The van der Waals surface area contributed by atoms with E-state index < -0.39 is 0 Å². The van der Waals surface area contributed by atoms with Crippen molar-refractivity contribution >= 4 is 11.6 Å². The summed E-state index contributed by atoms with van der Waals surface area (Å²) < 4.78 is 1.99. The summed E-state index contributed by atoms with van der Waals surface area (Å²) in [5.41, 5.74) is 4.16. The highest BCUT2D eigenvalue weighted by Crippen LogP contribution is 2.37. The molecule has 1 amide bonds. The van der Waals surface area contributed by atoms with Crippen molar-refractivity contribution in [1.29, 1.82) is 0 Å². The van der Waals surface area contributed by atoms with Crippen molar-refractivity contribution in [2.24, 2.45) is 5.92 Å². The Hall–Kier alpha value is -1.95. The molecule has 1 aliphatic heterocycles. The number of hydrogen-bond donors (Lipinski definition) is 0. The molecule has 140 valence electrons. The fraction of sp³-hybridized carbons (Fsp3) is 0.650. The second kappa shape index (κ2) is 6.99. The van der Waals surface area contributed by atoms with E-state index in [0.29, 0.717) is 5.91 Å². The summed E-state index contributed by atoms with van der Waals surface area (Å²) >= 11 is 0. The Labute approximate surface area is 155 Å². The molecular weight excluding hydrogens is 326 g/mol. The number of carbonyl (C=O) groups is 1. The van der Waals surface area contributed by atoms with E-state index in [1.54, 1.807) is 0 Å². The van der Waals surface area contributed by atoms with Gasteiger partial charge in [0.15, 0.2) is 5.65 Å². The van der Waals surface area contributed by atoms with Gasteiger partial charge in [0.05, 0.1) is 17.4 Å². The molecule has 2 aliphatic rings. The van der Waals surface area contributed by atoms with Gasteiger partial charge in [-0.1, -0.05) is 12.8 Å². The van der Waals surface area contributed by atoms with Crippen LogP contribution in [0.4, 0.5) is 0 Å². The van der Waals surface area contributed by atoms with E-state index >= 15 is 0 Å². The minimum absolute atomic E-state index is 0.114. The minimum Gasteiger partial charge on any atom is -0.334 e. The van der Waals surface area contributed by atoms with Crippen LogP contribution in [0, 0.1) is 12.8 Å². The largest absolute Gasteiger partial charge is 0.334 e. The molecule has 2 aromatic heterocycles. The van der Waals surface area contributed by atoms with Crippen molar-refractivity contribution in [3.8, 4) is 0 Å². The quantitative estimate of drug-likeness (QED) is 0.846. The van der Waals surface area contributed by atoms with E-state index in [0.717, 1.165) is 55.8 Å². The number of aryl methyl sites for hydroxylation is 1. The van der Waals surface area contributed by atoms with Gasteiger partial charge in [0.1, 0.15) is 0 Å². The zero-order valence-electron chi connectivity index (χ0n) is 16.1. The molecule has 1 saturated heterocycles. The van der Waals surface area contributed by atoms with Gasteiger partial charge in [-0.05, 0) is 46.7 Å². The summed E-state index contributed by atoms with van der Waals surface area (Å²) in [5.74, 6) is 0.583. The molecule has 3 heterocycles. The first kappa shape index (κ1) is 17.5. The van der Waals surface area contributed by atoms with Gasteiger partial charge >= 0.3 is 0 Å². The van der Waals surface area contributed by atoms with E-state index in [2.05, 4.69) is 28.9 Å². The molecule has 0 bridgehead atoms. The minimum atomic E-state index is 0.114. The van der Waals surface area contributed by atoms with Crippen LogP contribution in [-0.2, 0) is 11.3 Å². The summed E-state index contributed by atoms with van der Waals surface area (Å²) in [5, 5.41) is 4.71.